The molecule has 0 unspecified atom stereocenters. The van der Waals surface area contributed by atoms with E-state index < -0.39 is 0 Å². The van der Waals surface area contributed by atoms with Crippen LogP contribution in [0.5, 0.6) is 0 Å². The summed E-state index contributed by atoms with van der Waals surface area (Å²) in [6.45, 7) is 3.87. The van der Waals surface area contributed by atoms with Crippen LogP contribution in [0.4, 0.5) is 0 Å². The van der Waals surface area contributed by atoms with Gasteiger partial charge in [0, 0.05) is 6.54 Å². The average Bonchev–Trinajstić information content (AvgIpc) is 2.72. The summed E-state index contributed by atoms with van der Waals surface area (Å²) in [4.78, 5) is 14.4. The van der Waals surface area contributed by atoms with E-state index in [2.05, 4.69) is 35.2 Å². The zero-order valence-electron chi connectivity index (χ0n) is 16.9. The van der Waals surface area contributed by atoms with Crippen molar-refractivity contribution in [3.8, 4) is 0 Å². The Kier molecular flexibility index (Phi) is 9.37. The van der Waals surface area contributed by atoms with Crippen LogP contribution in [-0.4, -0.2) is 37.1 Å². The number of halogens is 1. The number of esters is 1. The SMILES string of the molecule is O=C(OCCCN1CCC(CCc2ccccc2)CC1)c1ccccc1.[Cl-].[H+]. The minimum atomic E-state index is -0.217. The molecule has 0 aliphatic carbocycles. The number of ether oxygens (including phenoxy) is 1. The van der Waals surface area contributed by atoms with Crippen molar-refractivity contribution >= 4 is 5.97 Å². The molecule has 4 heteroatoms. The molecule has 0 spiro atoms. The maximum Gasteiger partial charge on any atom is 1.00 e. The van der Waals surface area contributed by atoms with Crippen LogP contribution in [0, 0.1) is 5.92 Å². The predicted molar refractivity (Wildman–Crippen MR) is 106 cm³/mol. The van der Waals surface area contributed by atoms with Gasteiger partial charge < -0.3 is 22.0 Å². The van der Waals surface area contributed by atoms with Gasteiger partial charge in [0.25, 0.3) is 0 Å². The van der Waals surface area contributed by atoms with Gasteiger partial charge in [0.2, 0.25) is 0 Å². The number of carbonyl (C=O) groups excluding carboxylic acids is 1. The Hall–Kier alpha value is -1.84. The second-order valence-electron chi connectivity index (χ2n) is 7.16. The second kappa shape index (κ2) is 11.8. The molecule has 1 heterocycles. The number of carbonyl (C=O) groups is 1. The third kappa shape index (κ3) is 7.36. The number of rotatable bonds is 8. The monoisotopic (exact) mass is 387 g/mol. The molecule has 3 nitrogen and oxygen atoms in total. The molecule has 0 N–H and O–H groups in total. The summed E-state index contributed by atoms with van der Waals surface area (Å²) < 4.78 is 5.36. The Morgan fingerprint density at radius 1 is 1.00 bits per heavy atom. The number of nitrogens with zero attached hydrogens (tertiary/aromatic N) is 1. The zero-order valence-corrected chi connectivity index (χ0v) is 16.6. The van der Waals surface area contributed by atoms with Crippen LogP contribution in [0.1, 0.15) is 43.0 Å². The molecule has 1 aliphatic rings. The van der Waals surface area contributed by atoms with Gasteiger partial charge in [-0.15, -0.1) is 0 Å². The fraction of sp³-hybridized carbons (Fsp3) is 0.435. The molecule has 1 aliphatic heterocycles. The zero-order chi connectivity index (χ0) is 18.0. The number of piperidine rings is 1. The highest BCUT2D eigenvalue weighted by Crippen LogP contribution is 2.22. The van der Waals surface area contributed by atoms with E-state index in [9.17, 15) is 4.79 Å². The summed E-state index contributed by atoms with van der Waals surface area (Å²) in [7, 11) is 0. The molecule has 2 aromatic carbocycles. The molecule has 1 saturated heterocycles. The molecule has 0 atom stereocenters. The van der Waals surface area contributed by atoms with Crippen molar-refractivity contribution in [3.05, 3.63) is 71.8 Å². The van der Waals surface area contributed by atoms with Crippen LogP contribution in [0.25, 0.3) is 0 Å². The van der Waals surface area contributed by atoms with Crippen molar-refractivity contribution < 1.29 is 23.4 Å². The number of likely N-dealkylation sites (tertiary alicyclic amines) is 1. The molecule has 27 heavy (non-hydrogen) atoms. The summed E-state index contributed by atoms with van der Waals surface area (Å²) >= 11 is 0. The van der Waals surface area contributed by atoms with Gasteiger partial charge in [0.05, 0.1) is 12.2 Å². The van der Waals surface area contributed by atoms with Crippen molar-refractivity contribution in [3.63, 3.8) is 0 Å². The summed E-state index contributed by atoms with van der Waals surface area (Å²) in [5.41, 5.74) is 2.09. The highest BCUT2D eigenvalue weighted by atomic mass is 35.5. The van der Waals surface area contributed by atoms with Gasteiger partial charge in [-0.25, -0.2) is 4.79 Å². The third-order valence-electron chi connectivity index (χ3n) is 5.25. The van der Waals surface area contributed by atoms with Gasteiger partial charge >= 0.3 is 7.40 Å². The lowest BCUT2D eigenvalue weighted by Gasteiger charge is -2.32. The molecule has 0 aromatic heterocycles. The lowest BCUT2D eigenvalue weighted by atomic mass is 9.90. The number of hydrogen-bond acceptors (Lipinski definition) is 3. The third-order valence-corrected chi connectivity index (χ3v) is 5.25. The minimum absolute atomic E-state index is 0. The van der Waals surface area contributed by atoms with Crippen LogP contribution in [0.2, 0.25) is 0 Å². The Balaban J connectivity index is 0.00000196. The normalized spacial score (nSPS) is 15.1. The fourth-order valence-corrected chi connectivity index (χ4v) is 3.62. The van der Waals surface area contributed by atoms with Crippen molar-refractivity contribution in [2.75, 3.05) is 26.2 Å². The van der Waals surface area contributed by atoms with E-state index in [1.165, 1.54) is 44.3 Å². The number of benzene rings is 2. The van der Waals surface area contributed by atoms with Gasteiger partial charge in [-0.1, -0.05) is 48.5 Å². The maximum atomic E-state index is 11.9. The Morgan fingerprint density at radius 2 is 1.63 bits per heavy atom. The summed E-state index contributed by atoms with van der Waals surface area (Å²) in [5.74, 6) is 0.632. The molecule has 2 aromatic rings. The molecule has 146 valence electrons. The molecule has 0 saturated carbocycles. The van der Waals surface area contributed by atoms with E-state index in [1.807, 2.05) is 18.2 Å². The smallest absolute Gasteiger partial charge is 1.00 e. The molecule has 0 radical (unpaired) electrons. The van der Waals surface area contributed by atoms with Crippen LogP contribution >= 0.6 is 0 Å². The summed E-state index contributed by atoms with van der Waals surface area (Å²) in [6, 6.07) is 20.0. The Labute approximate surface area is 170 Å². The standard InChI is InChI=1S/C23H29NO2.ClH/c25-23(22-10-5-2-6-11-22)26-19-7-16-24-17-14-21(15-18-24)13-12-20-8-3-1-4-9-20;/h1-6,8-11,21H,7,12-19H2;1H. The second-order valence-corrected chi connectivity index (χ2v) is 7.16. The van der Waals surface area contributed by atoms with E-state index in [1.54, 1.807) is 12.1 Å². The first kappa shape index (κ1) is 21.5. The molecular formula is C23H30ClNO2. The van der Waals surface area contributed by atoms with Crippen molar-refractivity contribution in [2.45, 2.75) is 32.1 Å². The van der Waals surface area contributed by atoms with Gasteiger partial charge in [-0.2, -0.15) is 0 Å². The van der Waals surface area contributed by atoms with E-state index >= 15 is 0 Å². The summed E-state index contributed by atoms with van der Waals surface area (Å²) in [5, 5.41) is 0. The van der Waals surface area contributed by atoms with Crippen LogP contribution in [0.15, 0.2) is 60.7 Å². The van der Waals surface area contributed by atoms with Crippen LogP contribution in [0.3, 0.4) is 0 Å². The molecule has 3 rings (SSSR count). The fourth-order valence-electron chi connectivity index (χ4n) is 3.62. The quantitative estimate of drug-likeness (QED) is 0.510. The van der Waals surface area contributed by atoms with Crippen molar-refractivity contribution in [1.29, 1.82) is 0 Å². The summed E-state index contributed by atoms with van der Waals surface area (Å²) in [6.07, 6.45) is 5.98. The number of hydrogen-bond donors (Lipinski definition) is 0. The lowest BCUT2D eigenvalue weighted by Crippen LogP contribution is -3.00. The topological polar surface area (TPSA) is 29.5 Å². The largest absolute Gasteiger partial charge is 1.00 e. The van der Waals surface area contributed by atoms with Crippen molar-refractivity contribution in [2.24, 2.45) is 5.92 Å². The molecule has 0 amide bonds. The molecule has 1 fully saturated rings. The Morgan fingerprint density at radius 3 is 2.30 bits per heavy atom. The van der Waals surface area contributed by atoms with Gasteiger partial charge in [-0.05, 0) is 68.8 Å². The first-order valence-electron chi connectivity index (χ1n) is 9.80. The molecule has 0 bridgehead atoms. The first-order chi connectivity index (χ1) is 12.8. The van der Waals surface area contributed by atoms with Gasteiger partial charge in [0.15, 0.2) is 0 Å². The lowest BCUT2D eigenvalue weighted by molar-refractivity contribution is -0.0000242. The van der Waals surface area contributed by atoms with E-state index in [-0.39, 0.29) is 19.8 Å². The average molecular weight is 388 g/mol. The predicted octanol–water partition coefficient (Wildman–Crippen LogP) is 1.69. The highest BCUT2D eigenvalue weighted by molar-refractivity contribution is 5.89. The number of aryl methyl sites for hydroxylation is 1. The van der Waals surface area contributed by atoms with Gasteiger partial charge in [-0.3, -0.25) is 0 Å². The molecular weight excluding hydrogens is 358 g/mol. The van der Waals surface area contributed by atoms with E-state index in [0.717, 1.165) is 18.9 Å². The van der Waals surface area contributed by atoms with Crippen LogP contribution < -0.4 is 12.4 Å². The minimum Gasteiger partial charge on any atom is -1.00 e. The van der Waals surface area contributed by atoms with E-state index in [4.69, 9.17) is 4.74 Å². The van der Waals surface area contributed by atoms with Crippen LogP contribution in [-0.2, 0) is 11.2 Å². The van der Waals surface area contributed by atoms with Gasteiger partial charge in [0.1, 0.15) is 0 Å². The Bertz CT molecular complexity index is 661. The first-order valence-corrected chi connectivity index (χ1v) is 9.80. The van der Waals surface area contributed by atoms with Crippen molar-refractivity contribution in [1.82, 2.24) is 4.90 Å². The van der Waals surface area contributed by atoms with E-state index in [0.29, 0.717) is 12.2 Å². The maximum absolute atomic E-state index is 11.9. The highest BCUT2D eigenvalue weighted by Gasteiger charge is 2.18.